The van der Waals surface area contributed by atoms with Gasteiger partial charge in [0.15, 0.2) is 0 Å². The summed E-state index contributed by atoms with van der Waals surface area (Å²) in [6, 6.07) is 6.82. The average molecular weight is 271 g/mol. The summed E-state index contributed by atoms with van der Waals surface area (Å²) in [5.41, 5.74) is 1.00. The lowest BCUT2D eigenvalue weighted by Gasteiger charge is -2.09. The van der Waals surface area contributed by atoms with Gasteiger partial charge in [-0.3, -0.25) is 9.71 Å². The Balaban J connectivity index is 2.60. The van der Waals surface area contributed by atoms with E-state index in [1.807, 2.05) is 0 Å². The average Bonchev–Trinajstić information content (AvgIpc) is 2.33. The van der Waals surface area contributed by atoms with Crippen molar-refractivity contribution in [3.8, 4) is 0 Å². The van der Waals surface area contributed by atoms with Gasteiger partial charge in [-0.25, -0.2) is 8.42 Å². The van der Waals surface area contributed by atoms with Gasteiger partial charge in [-0.15, -0.1) is 0 Å². The first-order valence-electron chi connectivity index (χ1n) is 5.07. The molecule has 0 fully saturated rings. The minimum absolute atomic E-state index is 0.0178. The van der Waals surface area contributed by atoms with Gasteiger partial charge in [0, 0.05) is 11.6 Å². The first-order valence-corrected chi connectivity index (χ1v) is 7.10. The van der Waals surface area contributed by atoms with E-state index in [1.54, 1.807) is 37.4 Å². The molecule has 17 heavy (non-hydrogen) atoms. The summed E-state index contributed by atoms with van der Waals surface area (Å²) in [7, 11) is -3.31. The molecule has 0 aliphatic rings. The van der Waals surface area contributed by atoms with Crippen molar-refractivity contribution in [1.29, 1.82) is 0 Å². The largest absolute Gasteiger partial charge is 0.281 e. The Hall–Kier alpha value is -1.33. The van der Waals surface area contributed by atoms with Crippen LogP contribution in [0.1, 0.15) is 6.92 Å². The maximum absolute atomic E-state index is 11.5. The Morgan fingerprint density at radius 2 is 2.12 bits per heavy atom. The standard InChI is InChI=1S/C11H11ClN2O2S/c1-2-17(15,16)14-10-6-5-9(12)8-4-3-7-13-11(8)10/h3-7,14H,2H2,1H3. The van der Waals surface area contributed by atoms with Crippen molar-refractivity contribution in [3.05, 3.63) is 35.5 Å². The summed E-state index contributed by atoms with van der Waals surface area (Å²) in [5.74, 6) is 0.0178. The second-order valence-electron chi connectivity index (χ2n) is 3.50. The highest BCUT2D eigenvalue weighted by Gasteiger charge is 2.11. The molecule has 0 saturated heterocycles. The van der Waals surface area contributed by atoms with Gasteiger partial charge in [-0.05, 0) is 31.2 Å². The van der Waals surface area contributed by atoms with Crippen molar-refractivity contribution in [1.82, 2.24) is 4.98 Å². The third-order valence-electron chi connectivity index (χ3n) is 2.36. The molecule has 4 nitrogen and oxygen atoms in total. The smallest absolute Gasteiger partial charge is 0.232 e. The number of halogens is 1. The van der Waals surface area contributed by atoms with E-state index in [4.69, 9.17) is 11.6 Å². The Morgan fingerprint density at radius 1 is 1.35 bits per heavy atom. The summed E-state index contributed by atoms with van der Waals surface area (Å²) >= 11 is 6.02. The van der Waals surface area contributed by atoms with E-state index in [9.17, 15) is 8.42 Å². The molecule has 0 atom stereocenters. The minimum atomic E-state index is -3.31. The van der Waals surface area contributed by atoms with Gasteiger partial charge in [-0.2, -0.15) is 0 Å². The first-order chi connectivity index (χ1) is 8.03. The lowest BCUT2D eigenvalue weighted by Crippen LogP contribution is -2.15. The Morgan fingerprint density at radius 3 is 2.82 bits per heavy atom. The Labute approximate surface area is 105 Å². The van der Waals surface area contributed by atoms with Crippen LogP contribution in [0.5, 0.6) is 0 Å². The predicted molar refractivity (Wildman–Crippen MR) is 69.8 cm³/mol. The van der Waals surface area contributed by atoms with Gasteiger partial charge in [0.1, 0.15) is 0 Å². The van der Waals surface area contributed by atoms with Gasteiger partial charge >= 0.3 is 0 Å². The van der Waals surface area contributed by atoms with E-state index in [1.165, 1.54) is 0 Å². The van der Waals surface area contributed by atoms with Gasteiger partial charge in [0.2, 0.25) is 10.0 Å². The number of rotatable bonds is 3. The van der Waals surface area contributed by atoms with Crippen LogP contribution in [0.15, 0.2) is 30.5 Å². The van der Waals surface area contributed by atoms with Crippen LogP contribution in [0.25, 0.3) is 10.9 Å². The zero-order valence-corrected chi connectivity index (χ0v) is 10.7. The molecule has 0 aliphatic heterocycles. The SMILES string of the molecule is CCS(=O)(=O)Nc1ccc(Cl)c2cccnc12. The summed E-state index contributed by atoms with van der Waals surface area (Å²) < 4.78 is 25.5. The van der Waals surface area contributed by atoms with Crippen LogP contribution < -0.4 is 4.72 Å². The second-order valence-corrected chi connectivity index (χ2v) is 5.92. The number of sulfonamides is 1. The van der Waals surface area contributed by atoms with E-state index >= 15 is 0 Å². The highest BCUT2D eigenvalue weighted by Crippen LogP contribution is 2.28. The summed E-state index contributed by atoms with van der Waals surface area (Å²) in [6.07, 6.45) is 1.60. The maximum Gasteiger partial charge on any atom is 0.232 e. The van der Waals surface area contributed by atoms with Gasteiger partial charge in [0.25, 0.3) is 0 Å². The number of fused-ring (bicyclic) bond motifs is 1. The molecule has 0 saturated carbocycles. The summed E-state index contributed by atoms with van der Waals surface area (Å²) in [5, 5.41) is 1.28. The highest BCUT2D eigenvalue weighted by molar-refractivity contribution is 7.92. The number of hydrogen-bond donors (Lipinski definition) is 1. The first kappa shape index (κ1) is 12.1. The highest BCUT2D eigenvalue weighted by atomic mass is 35.5. The second kappa shape index (κ2) is 4.50. The molecule has 1 N–H and O–H groups in total. The molecule has 0 amide bonds. The molecule has 0 aliphatic carbocycles. The molecule has 0 unspecified atom stereocenters. The molecule has 1 aromatic heterocycles. The monoisotopic (exact) mass is 270 g/mol. The quantitative estimate of drug-likeness (QED) is 0.933. The molecule has 0 radical (unpaired) electrons. The third kappa shape index (κ3) is 2.50. The fourth-order valence-corrected chi connectivity index (χ4v) is 2.32. The van der Waals surface area contributed by atoms with Crippen LogP contribution in [-0.4, -0.2) is 19.2 Å². The van der Waals surface area contributed by atoms with Gasteiger partial charge in [0.05, 0.1) is 22.0 Å². The van der Waals surface area contributed by atoms with Crippen LogP contribution in [-0.2, 0) is 10.0 Å². The fraction of sp³-hybridized carbons (Fsp3) is 0.182. The molecule has 2 aromatic rings. The number of pyridine rings is 1. The number of nitrogens with zero attached hydrogens (tertiary/aromatic N) is 1. The summed E-state index contributed by atoms with van der Waals surface area (Å²) in [6.45, 7) is 1.58. The minimum Gasteiger partial charge on any atom is -0.281 e. The lowest BCUT2D eigenvalue weighted by atomic mass is 10.2. The molecule has 0 spiro atoms. The van der Waals surface area contributed by atoms with Crippen molar-refractivity contribution < 1.29 is 8.42 Å². The molecule has 2 rings (SSSR count). The molecular weight excluding hydrogens is 260 g/mol. The van der Waals surface area contributed by atoms with Crippen molar-refractivity contribution >= 4 is 38.2 Å². The third-order valence-corrected chi connectivity index (χ3v) is 3.98. The van der Waals surface area contributed by atoms with Crippen molar-refractivity contribution in [2.75, 3.05) is 10.5 Å². The van der Waals surface area contributed by atoms with Crippen molar-refractivity contribution in [3.63, 3.8) is 0 Å². The molecule has 1 heterocycles. The van der Waals surface area contributed by atoms with Crippen LogP contribution in [0, 0.1) is 0 Å². The zero-order valence-electron chi connectivity index (χ0n) is 9.14. The van der Waals surface area contributed by atoms with E-state index in [0.29, 0.717) is 16.2 Å². The van der Waals surface area contributed by atoms with Crippen molar-refractivity contribution in [2.24, 2.45) is 0 Å². The molecule has 90 valence electrons. The lowest BCUT2D eigenvalue weighted by molar-refractivity contribution is 0.602. The summed E-state index contributed by atoms with van der Waals surface area (Å²) in [4.78, 5) is 4.15. The topological polar surface area (TPSA) is 59.1 Å². The normalized spacial score (nSPS) is 11.6. The number of anilines is 1. The number of nitrogens with one attached hydrogen (secondary N) is 1. The van der Waals surface area contributed by atoms with E-state index in [-0.39, 0.29) is 5.75 Å². The molecule has 0 bridgehead atoms. The van der Waals surface area contributed by atoms with Crippen LogP contribution >= 0.6 is 11.6 Å². The van der Waals surface area contributed by atoms with Crippen LogP contribution in [0.4, 0.5) is 5.69 Å². The number of hydrogen-bond acceptors (Lipinski definition) is 3. The predicted octanol–water partition coefficient (Wildman–Crippen LogP) is 2.65. The van der Waals surface area contributed by atoms with Crippen LogP contribution in [0.2, 0.25) is 5.02 Å². The zero-order chi connectivity index (χ0) is 12.5. The van der Waals surface area contributed by atoms with Crippen LogP contribution in [0.3, 0.4) is 0 Å². The molecular formula is C11H11ClN2O2S. The van der Waals surface area contributed by atoms with E-state index < -0.39 is 10.0 Å². The maximum atomic E-state index is 11.5. The van der Waals surface area contributed by atoms with E-state index in [2.05, 4.69) is 9.71 Å². The molecule has 1 aromatic carbocycles. The number of aromatic nitrogens is 1. The Bertz CT molecular complexity index is 656. The van der Waals surface area contributed by atoms with Gasteiger partial charge in [-0.1, -0.05) is 11.6 Å². The Kier molecular flexibility index (Phi) is 3.22. The van der Waals surface area contributed by atoms with Gasteiger partial charge < -0.3 is 0 Å². The molecule has 6 heteroatoms. The fourth-order valence-electron chi connectivity index (χ4n) is 1.46. The van der Waals surface area contributed by atoms with Crippen molar-refractivity contribution in [2.45, 2.75) is 6.92 Å². The van der Waals surface area contributed by atoms with E-state index in [0.717, 1.165) is 5.39 Å². The number of benzene rings is 1.